The van der Waals surface area contributed by atoms with E-state index in [4.69, 9.17) is 0 Å². The minimum atomic E-state index is -0.345. The fourth-order valence-electron chi connectivity index (χ4n) is 1.98. The first kappa shape index (κ1) is 14.0. The number of nitrogens with zero attached hydrogens (tertiary/aromatic N) is 4. The number of imidazole rings is 1. The summed E-state index contributed by atoms with van der Waals surface area (Å²) < 4.78 is 16.3. The first-order chi connectivity index (χ1) is 10.7. The van der Waals surface area contributed by atoms with Gasteiger partial charge in [-0.15, -0.1) is 0 Å². The summed E-state index contributed by atoms with van der Waals surface area (Å²) in [5, 5.41) is 6.86. The number of aromatic nitrogens is 4. The molecule has 0 aliphatic rings. The van der Waals surface area contributed by atoms with Crippen molar-refractivity contribution >= 4 is 11.7 Å². The summed E-state index contributed by atoms with van der Waals surface area (Å²) in [5.74, 6) is -0.182. The Morgan fingerprint density at radius 1 is 1.27 bits per heavy atom. The van der Waals surface area contributed by atoms with Gasteiger partial charge in [0.25, 0.3) is 5.91 Å². The molecule has 0 unspecified atom stereocenters. The van der Waals surface area contributed by atoms with Gasteiger partial charge in [-0.05, 0) is 31.2 Å². The van der Waals surface area contributed by atoms with Crippen LogP contribution < -0.4 is 5.32 Å². The minimum Gasteiger partial charge on any atom is -0.305 e. The molecule has 2 heterocycles. The molecule has 0 aliphatic heterocycles. The molecule has 0 saturated heterocycles. The van der Waals surface area contributed by atoms with Crippen molar-refractivity contribution in [1.29, 1.82) is 0 Å². The summed E-state index contributed by atoms with van der Waals surface area (Å²) in [5.41, 5.74) is 0.985. The highest BCUT2D eigenvalue weighted by Crippen LogP contribution is 2.11. The lowest BCUT2D eigenvalue weighted by Crippen LogP contribution is -2.13. The molecule has 6 nitrogen and oxygen atoms in total. The molecule has 0 atom stereocenters. The van der Waals surface area contributed by atoms with Crippen molar-refractivity contribution in [3.8, 4) is 5.69 Å². The van der Waals surface area contributed by atoms with Crippen molar-refractivity contribution < 1.29 is 9.18 Å². The Labute approximate surface area is 126 Å². The third kappa shape index (κ3) is 2.88. The lowest BCUT2D eigenvalue weighted by atomic mass is 10.3. The average Bonchev–Trinajstić information content (AvgIpc) is 3.17. The third-order valence-corrected chi connectivity index (χ3v) is 3.15. The molecule has 112 valence electrons. The van der Waals surface area contributed by atoms with Crippen LogP contribution in [0.15, 0.2) is 49.1 Å². The number of hydrogen-bond acceptors (Lipinski definition) is 3. The molecule has 0 bridgehead atoms. The van der Waals surface area contributed by atoms with E-state index in [1.54, 1.807) is 39.8 Å². The van der Waals surface area contributed by atoms with Crippen molar-refractivity contribution in [1.82, 2.24) is 19.3 Å². The van der Waals surface area contributed by atoms with Crippen molar-refractivity contribution in [2.45, 2.75) is 13.5 Å². The Balaban J connectivity index is 1.75. The molecule has 0 fully saturated rings. The van der Waals surface area contributed by atoms with Crippen LogP contribution >= 0.6 is 0 Å². The van der Waals surface area contributed by atoms with Gasteiger partial charge in [0, 0.05) is 30.7 Å². The molecule has 22 heavy (non-hydrogen) atoms. The summed E-state index contributed by atoms with van der Waals surface area (Å²) in [6, 6.07) is 7.65. The van der Waals surface area contributed by atoms with Crippen LogP contribution in [0, 0.1) is 5.82 Å². The molecular weight excluding hydrogens is 285 g/mol. The van der Waals surface area contributed by atoms with Crippen LogP contribution in [0.1, 0.15) is 17.4 Å². The number of benzene rings is 1. The number of hydrogen-bond donors (Lipinski definition) is 1. The molecule has 3 aromatic rings. The van der Waals surface area contributed by atoms with Gasteiger partial charge in [0.05, 0.1) is 0 Å². The first-order valence-corrected chi connectivity index (χ1v) is 6.80. The standard InChI is InChI=1S/C15H14FN5O/c1-2-21-8-7-14(19-21)18-15(22)13-9-20(10-17-13)12-5-3-11(16)4-6-12/h3-10H,2H2,1H3,(H,18,19,22). The molecule has 7 heteroatoms. The van der Waals surface area contributed by atoms with Crippen LogP contribution in [0.25, 0.3) is 5.69 Å². The molecule has 2 aromatic heterocycles. The van der Waals surface area contributed by atoms with E-state index in [2.05, 4.69) is 15.4 Å². The van der Waals surface area contributed by atoms with Crippen LogP contribution in [0.2, 0.25) is 0 Å². The van der Waals surface area contributed by atoms with Gasteiger partial charge in [0.2, 0.25) is 0 Å². The molecule has 3 rings (SSSR count). The maximum absolute atomic E-state index is 12.9. The Kier molecular flexibility index (Phi) is 3.69. The second-order valence-corrected chi connectivity index (χ2v) is 4.65. The van der Waals surface area contributed by atoms with E-state index in [1.807, 2.05) is 6.92 Å². The van der Waals surface area contributed by atoms with E-state index < -0.39 is 0 Å². The molecule has 0 spiro atoms. The highest BCUT2D eigenvalue weighted by Gasteiger charge is 2.11. The summed E-state index contributed by atoms with van der Waals surface area (Å²) in [4.78, 5) is 16.2. The second-order valence-electron chi connectivity index (χ2n) is 4.65. The fraction of sp³-hybridized carbons (Fsp3) is 0.133. The number of rotatable bonds is 4. The Bertz CT molecular complexity index is 790. The third-order valence-electron chi connectivity index (χ3n) is 3.15. The summed E-state index contributed by atoms with van der Waals surface area (Å²) in [7, 11) is 0. The Morgan fingerprint density at radius 3 is 2.73 bits per heavy atom. The molecule has 1 N–H and O–H groups in total. The van der Waals surface area contributed by atoms with Crippen molar-refractivity contribution in [3.63, 3.8) is 0 Å². The van der Waals surface area contributed by atoms with Gasteiger partial charge in [0.15, 0.2) is 5.82 Å². The number of amides is 1. The highest BCUT2D eigenvalue weighted by atomic mass is 19.1. The molecule has 1 amide bonds. The predicted octanol–water partition coefficient (Wildman–Crippen LogP) is 2.48. The Hall–Kier alpha value is -2.96. The second kappa shape index (κ2) is 5.80. The van der Waals surface area contributed by atoms with Crippen LogP contribution in [-0.4, -0.2) is 25.2 Å². The monoisotopic (exact) mass is 299 g/mol. The van der Waals surface area contributed by atoms with Gasteiger partial charge >= 0.3 is 0 Å². The van der Waals surface area contributed by atoms with Crippen LogP contribution in [-0.2, 0) is 6.54 Å². The quantitative estimate of drug-likeness (QED) is 0.805. The smallest absolute Gasteiger partial charge is 0.277 e. The zero-order chi connectivity index (χ0) is 15.5. The summed E-state index contributed by atoms with van der Waals surface area (Å²) in [6.07, 6.45) is 4.87. The SMILES string of the molecule is CCn1ccc(NC(=O)c2cn(-c3ccc(F)cc3)cn2)n1. The maximum Gasteiger partial charge on any atom is 0.277 e. The van der Waals surface area contributed by atoms with E-state index >= 15 is 0 Å². The van der Waals surface area contributed by atoms with Gasteiger partial charge in [-0.25, -0.2) is 9.37 Å². The summed E-state index contributed by atoms with van der Waals surface area (Å²) >= 11 is 0. The van der Waals surface area contributed by atoms with Crippen molar-refractivity contribution in [3.05, 3.63) is 60.6 Å². The largest absolute Gasteiger partial charge is 0.305 e. The van der Waals surface area contributed by atoms with Gasteiger partial charge < -0.3 is 9.88 Å². The number of halogens is 1. The highest BCUT2D eigenvalue weighted by molar-refractivity contribution is 6.02. The number of carbonyl (C=O) groups is 1. The van der Waals surface area contributed by atoms with Crippen molar-refractivity contribution in [2.24, 2.45) is 0 Å². The summed E-state index contributed by atoms with van der Waals surface area (Å²) in [6.45, 7) is 2.69. The van der Waals surface area contributed by atoms with Crippen molar-refractivity contribution in [2.75, 3.05) is 5.32 Å². The normalized spacial score (nSPS) is 10.6. The van der Waals surface area contributed by atoms with Gasteiger partial charge in [-0.1, -0.05) is 0 Å². The van der Waals surface area contributed by atoms with E-state index in [1.165, 1.54) is 18.5 Å². The van der Waals surface area contributed by atoms with Crippen LogP contribution in [0.5, 0.6) is 0 Å². The minimum absolute atomic E-state index is 0.260. The number of nitrogens with one attached hydrogen (secondary N) is 1. The van der Waals surface area contributed by atoms with Gasteiger partial charge in [-0.2, -0.15) is 5.10 Å². The molecule has 0 radical (unpaired) electrons. The maximum atomic E-state index is 12.9. The zero-order valence-electron chi connectivity index (χ0n) is 11.9. The lowest BCUT2D eigenvalue weighted by Gasteiger charge is -2.01. The molecule has 0 saturated carbocycles. The van der Waals surface area contributed by atoms with Crippen LogP contribution in [0.3, 0.4) is 0 Å². The number of aryl methyl sites for hydroxylation is 1. The van der Waals surface area contributed by atoms with E-state index in [0.717, 1.165) is 12.2 Å². The topological polar surface area (TPSA) is 64.7 Å². The van der Waals surface area contributed by atoms with Gasteiger partial charge in [0.1, 0.15) is 17.8 Å². The Morgan fingerprint density at radius 2 is 2.05 bits per heavy atom. The van der Waals surface area contributed by atoms with E-state index in [0.29, 0.717) is 5.82 Å². The van der Waals surface area contributed by atoms with E-state index in [9.17, 15) is 9.18 Å². The molecule has 1 aromatic carbocycles. The first-order valence-electron chi connectivity index (χ1n) is 6.80. The predicted molar refractivity (Wildman–Crippen MR) is 79.4 cm³/mol. The lowest BCUT2D eigenvalue weighted by molar-refractivity contribution is 0.102. The average molecular weight is 299 g/mol. The number of carbonyl (C=O) groups excluding carboxylic acids is 1. The number of anilines is 1. The van der Waals surface area contributed by atoms with Gasteiger partial charge in [-0.3, -0.25) is 9.48 Å². The van der Waals surface area contributed by atoms with Crippen LogP contribution in [0.4, 0.5) is 10.2 Å². The van der Waals surface area contributed by atoms with E-state index in [-0.39, 0.29) is 17.4 Å². The fourth-order valence-corrected chi connectivity index (χ4v) is 1.98. The molecule has 0 aliphatic carbocycles. The zero-order valence-corrected chi connectivity index (χ0v) is 11.9. The molecular formula is C15H14FN5O.